The number of nitrogens with one attached hydrogen (secondary N) is 2. The van der Waals surface area contributed by atoms with Gasteiger partial charge in [-0.2, -0.15) is 0 Å². The number of aliphatic hydroxyl groups excluding tert-OH is 1. The van der Waals surface area contributed by atoms with Crippen molar-refractivity contribution in [1.82, 2.24) is 10.6 Å². The van der Waals surface area contributed by atoms with E-state index < -0.39 is 12.3 Å². The molecule has 3 aromatic carbocycles. The van der Waals surface area contributed by atoms with Crippen molar-refractivity contribution in [2.24, 2.45) is 0 Å². The molecule has 0 spiro atoms. The Balaban J connectivity index is 1.61. The van der Waals surface area contributed by atoms with Crippen molar-refractivity contribution in [3.63, 3.8) is 0 Å². The van der Waals surface area contributed by atoms with Crippen molar-refractivity contribution in [3.8, 4) is 5.75 Å². The van der Waals surface area contributed by atoms with Gasteiger partial charge >= 0.3 is 0 Å². The molecule has 5 heteroatoms. The van der Waals surface area contributed by atoms with Crippen molar-refractivity contribution in [3.05, 3.63) is 102 Å². The van der Waals surface area contributed by atoms with Crippen LogP contribution in [0.3, 0.4) is 0 Å². The molecule has 0 aliphatic carbocycles. The van der Waals surface area contributed by atoms with Crippen LogP contribution in [0.25, 0.3) is 0 Å². The van der Waals surface area contributed by atoms with E-state index in [9.17, 15) is 9.90 Å². The Labute approximate surface area is 171 Å². The first-order valence-corrected chi connectivity index (χ1v) is 9.71. The monoisotopic (exact) mass is 390 g/mol. The molecule has 0 aromatic heterocycles. The number of carbonyl (C=O) groups is 1. The van der Waals surface area contributed by atoms with Crippen molar-refractivity contribution in [2.45, 2.75) is 25.8 Å². The van der Waals surface area contributed by atoms with E-state index in [0.29, 0.717) is 24.5 Å². The van der Waals surface area contributed by atoms with Crippen LogP contribution < -0.4 is 15.4 Å². The lowest BCUT2D eigenvalue weighted by molar-refractivity contribution is 0.0784. The Hall–Kier alpha value is -3.15. The zero-order valence-electron chi connectivity index (χ0n) is 16.4. The molecule has 3 N–H and O–H groups in total. The average molecular weight is 390 g/mol. The second kappa shape index (κ2) is 10.4. The van der Waals surface area contributed by atoms with E-state index >= 15 is 0 Å². The molecule has 0 aliphatic heterocycles. The van der Waals surface area contributed by atoms with Crippen LogP contribution in [-0.4, -0.2) is 23.7 Å². The summed E-state index contributed by atoms with van der Waals surface area (Å²) < 4.78 is 5.76. The summed E-state index contributed by atoms with van der Waals surface area (Å²) in [5.74, 6) is 0.429. The fourth-order valence-corrected chi connectivity index (χ4v) is 2.97. The summed E-state index contributed by atoms with van der Waals surface area (Å²) in [4.78, 5) is 12.7. The van der Waals surface area contributed by atoms with E-state index in [2.05, 4.69) is 10.6 Å². The molecule has 0 saturated carbocycles. The quantitative estimate of drug-likeness (QED) is 0.488. The number of ether oxygens (including phenoxy) is 1. The topological polar surface area (TPSA) is 70.6 Å². The summed E-state index contributed by atoms with van der Waals surface area (Å²) in [7, 11) is 0. The molecule has 0 saturated heterocycles. The van der Waals surface area contributed by atoms with Gasteiger partial charge in [0.25, 0.3) is 5.91 Å². The molecular weight excluding hydrogens is 364 g/mol. The lowest BCUT2D eigenvalue weighted by atomic mass is 10.1. The minimum Gasteiger partial charge on any atom is -0.489 e. The molecule has 29 heavy (non-hydrogen) atoms. The summed E-state index contributed by atoms with van der Waals surface area (Å²) >= 11 is 0. The lowest BCUT2D eigenvalue weighted by Gasteiger charge is -2.25. The summed E-state index contributed by atoms with van der Waals surface area (Å²) in [6, 6.07) is 26.2. The van der Waals surface area contributed by atoms with Gasteiger partial charge in [-0.1, -0.05) is 67.6 Å². The average Bonchev–Trinajstić information content (AvgIpc) is 2.78. The van der Waals surface area contributed by atoms with Gasteiger partial charge in [0.1, 0.15) is 24.6 Å². The number of amides is 1. The van der Waals surface area contributed by atoms with Crippen LogP contribution in [-0.2, 0) is 6.61 Å². The Kier molecular flexibility index (Phi) is 7.39. The van der Waals surface area contributed by atoms with Crippen LogP contribution in [0, 0.1) is 0 Å². The predicted molar refractivity (Wildman–Crippen MR) is 114 cm³/mol. The highest BCUT2D eigenvalue weighted by Gasteiger charge is 2.22. The maximum Gasteiger partial charge on any atom is 0.252 e. The zero-order chi connectivity index (χ0) is 20.5. The van der Waals surface area contributed by atoms with Crippen LogP contribution >= 0.6 is 0 Å². The normalized spacial score (nSPS) is 12.8. The Morgan fingerprint density at radius 2 is 1.55 bits per heavy atom. The molecule has 3 rings (SSSR count). The molecule has 0 heterocycles. The Morgan fingerprint density at radius 3 is 2.17 bits per heavy atom. The van der Waals surface area contributed by atoms with E-state index in [1.165, 1.54) is 0 Å². The van der Waals surface area contributed by atoms with Crippen LogP contribution in [0.15, 0.2) is 84.9 Å². The van der Waals surface area contributed by atoms with Gasteiger partial charge in [-0.3, -0.25) is 10.1 Å². The Morgan fingerprint density at radius 1 is 0.931 bits per heavy atom. The summed E-state index contributed by atoms with van der Waals surface area (Å²) in [6.45, 7) is 3.01. The zero-order valence-corrected chi connectivity index (χ0v) is 16.4. The summed E-state index contributed by atoms with van der Waals surface area (Å²) in [6.07, 6.45) is -1.45. The number of rotatable bonds is 9. The van der Waals surface area contributed by atoms with E-state index in [1.54, 1.807) is 24.3 Å². The van der Waals surface area contributed by atoms with Gasteiger partial charge in [-0.15, -0.1) is 0 Å². The molecule has 0 fully saturated rings. The predicted octanol–water partition coefficient (Wildman–Crippen LogP) is 3.66. The third kappa shape index (κ3) is 5.91. The third-order valence-corrected chi connectivity index (χ3v) is 4.53. The van der Waals surface area contributed by atoms with Gasteiger partial charge < -0.3 is 15.2 Å². The van der Waals surface area contributed by atoms with Gasteiger partial charge in [0.15, 0.2) is 0 Å². The SMILES string of the molecule is CCNC(NC(=O)c1ccc(OCc2ccccc2)cc1)C(O)c1ccccc1. The van der Waals surface area contributed by atoms with Gasteiger partial charge in [-0.05, 0) is 41.9 Å². The van der Waals surface area contributed by atoms with Gasteiger partial charge in [0.2, 0.25) is 0 Å². The number of likely N-dealkylation sites (N-methyl/N-ethyl adjacent to an activating group) is 1. The van der Waals surface area contributed by atoms with E-state index in [1.807, 2.05) is 67.6 Å². The van der Waals surface area contributed by atoms with Crippen molar-refractivity contribution in [2.75, 3.05) is 6.54 Å². The third-order valence-electron chi connectivity index (χ3n) is 4.53. The first-order valence-electron chi connectivity index (χ1n) is 9.71. The Bertz CT molecular complexity index is 883. The lowest BCUT2D eigenvalue weighted by Crippen LogP contribution is -2.49. The summed E-state index contributed by atoms with van der Waals surface area (Å²) in [5.41, 5.74) is 2.32. The minimum atomic E-state index is -0.853. The highest BCUT2D eigenvalue weighted by atomic mass is 16.5. The highest BCUT2D eigenvalue weighted by molar-refractivity contribution is 5.94. The van der Waals surface area contributed by atoms with Crippen LogP contribution in [0.1, 0.15) is 34.5 Å². The van der Waals surface area contributed by atoms with Crippen molar-refractivity contribution < 1.29 is 14.6 Å². The maximum absolute atomic E-state index is 12.7. The van der Waals surface area contributed by atoms with Gasteiger partial charge in [-0.25, -0.2) is 0 Å². The first-order chi connectivity index (χ1) is 14.2. The molecule has 1 amide bonds. The fourth-order valence-electron chi connectivity index (χ4n) is 2.97. The van der Waals surface area contributed by atoms with Crippen LogP contribution in [0.4, 0.5) is 0 Å². The van der Waals surface area contributed by atoms with E-state index in [4.69, 9.17) is 4.74 Å². The number of aliphatic hydroxyl groups is 1. The molecule has 5 nitrogen and oxygen atoms in total. The van der Waals surface area contributed by atoms with Crippen LogP contribution in [0.2, 0.25) is 0 Å². The number of carbonyl (C=O) groups excluding carboxylic acids is 1. The second-order valence-electron chi connectivity index (χ2n) is 6.66. The molecule has 2 unspecified atom stereocenters. The smallest absolute Gasteiger partial charge is 0.252 e. The summed E-state index contributed by atoms with van der Waals surface area (Å²) in [5, 5.41) is 16.6. The molecule has 150 valence electrons. The number of benzene rings is 3. The second-order valence-corrected chi connectivity index (χ2v) is 6.66. The van der Waals surface area contributed by atoms with Gasteiger partial charge in [0.05, 0.1) is 0 Å². The maximum atomic E-state index is 12.7. The molecule has 3 aromatic rings. The van der Waals surface area contributed by atoms with E-state index in [-0.39, 0.29) is 5.91 Å². The minimum absolute atomic E-state index is 0.263. The molecule has 2 atom stereocenters. The van der Waals surface area contributed by atoms with Crippen molar-refractivity contribution in [1.29, 1.82) is 0 Å². The van der Waals surface area contributed by atoms with Gasteiger partial charge in [0, 0.05) is 5.56 Å². The number of hydrogen-bond donors (Lipinski definition) is 3. The molecule has 0 aliphatic rings. The van der Waals surface area contributed by atoms with E-state index in [0.717, 1.165) is 11.1 Å². The number of hydrogen-bond acceptors (Lipinski definition) is 4. The first kappa shape index (κ1) is 20.6. The standard InChI is InChI=1S/C24H26N2O3/c1-2-25-23(22(27)19-11-7-4-8-12-19)26-24(28)20-13-15-21(16-14-20)29-17-18-9-5-3-6-10-18/h3-16,22-23,25,27H,2,17H2,1H3,(H,26,28). The molecular formula is C24H26N2O3. The highest BCUT2D eigenvalue weighted by Crippen LogP contribution is 2.17. The fraction of sp³-hybridized carbons (Fsp3) is 0.208. The van der Waals surface area contributed by atoms with Crippen LogP contribution in [0.5, 0.6) is 5.75 Å². The van der Waals surface area contributed by atoms with Crippen molar-refractivity contribution >= 4 is 5.91 Å². The molecule has 0 radical (unpaired) electrons. The largest absolute Gasteiger partial charge is 0.489 e. The molecule has 0 bridgehead atoms.